The maximum absolute atomic E-state index is 12.3. The molecule has 1 saturated heterocycles. The predicted octanol–water partition coefficient (Wildman–Crippen LogP) is 3.83. The summed E-state index contributed by atoms with van der Waals surface area (Å²) < 4.78 is 0. The molecule has 25 heavy (non-hydrogen) atoms. The highest BCUT2D eigenvalue weighted by Crippen LogP contribution is 2.29. The van der Waals surface area contributed by atoms with E-state index in [0.29, 0.717) is 18.5 Å². The Hall–Kier alpha value is -2.17. The molecule has 1 fully saturated rings. The highest BCUT2D eigenvalue weighted by Gasteiger charge is 2.39. The van der Waals surface area contributed by atoms with Gasteiger partial charge >= 0.3 is 0 Å². The number of carbonyl (C=O) groups excluding carboxylic acids is 3. The van der Waals surface area contributed by atoms with Gasteiger partial charge in [0.05, 0.1) is 0 Å². The Labute approximate surface area is 151 Å². The van der Waals surface area contributed by atoms with Gasteiger partial charge in [-0.05, 0) is 30.5 Å². The maximum atomic E-state index is 12.3. The van der Waals surface area contributed by atoms with E-state index in [4.69, 9.17) is 0 Å². The summed E-state index contributed by atoms with van der Waals surface area (Å²) in [6, 6.07) is 5.06. The number of fused-ring (bicyclic) bond motifs is 1. The van der Waals surface area contributed by atoms with Gasteiger partial charge in [0, 0.05) is 18.5 Å². The van der Waals surface area contributed by atoms with Gasteiger partial charge in [0.1, 0.15) is 6.04 Å². The van der Waals surface area contributed by atoms with Crippen LogP contribution in [-0.4, -0.2) is 28.7 Å². The van der Waals surface area contributed by atoms with Crippen LogP contribution in [0.4, 0.5) is 0 Å². The number of benzene rings is 1. The van der Waals surface area contributed by atoms with Gasteiger partial charge in [0.15, 0.2) is 0 Å². The molecule has 0 bridgehead atoms. The van der Waals surface area contributed by atoms with Gasteiger partial charge in [-0.25, -0.2) is 0 Å². The lowest BCUT2D eigenvalue weighted by Crippen LogP contribution is -2.52. The molecule has 1 aromatic carbocycles. The van der Waals surface area contributed by atoms with Crippen molar-refractivity contribution < 1.29 is 14.4 Å². The van der Waals surface area contributed by atoms with E-state index in [1.165, 1.54) is 0 Å². The zero-order valence-corrected chi connectivity index (χ0v) is 16.6. The normalized spacial score (nSPS) is 17.8. The summed E-state index contributed by atoms with van der Waals surface area (Å²) in [6.07, 6.45) is 0.693. The molecule has 1 N–H and O–H groups in total. The Morgan fingerprint density at radius 3 is 2.12 bits per heavy atom. The molecule has 1 unspecified atom stereocenters. The summed E-state index contributed by atoms with van der Waals surface area (Å²) in [6.45, 7) is 14.4. The van der Waals surface area contributed by atoms with Crippen molar-refractivity contribution in [3.63, 3.8) is 0 Å². The van der Waals surface area contributed by atoms with Crippen molar-refractivity contribution in [1.29, 1.82) is 0 Å². The standard InChI is InChI=1S/C14H14N2O3.3C2H6/c1-8-3-2-4-9-10(8)7-16(14(9)19)11-5-6-12(17)15-13(11)18;3*1-2/h2-4,11H,5-7H2,1H3,(H,15,17,18);3*1-2H3. The average Bonchev–Trinajstić information content (AvgIpc) is 2.99. The Morgan fingerprint density at radius 2 is 1.60 bits per heavy atom. The van der Waals surface area contributed by atoms with Crippen LogP contribution in [0.5, 0.6) is 0 Å². The highest BCUT2D eigenvalue weighted by molar-refractivity contribution is 6.05. The monoisotopic (exact) mass is 348 g/mol. The molecule has 0 saturated carbocycles. The van der Waals surface area contributed by atoms with Gasteiger partial charge in [-0.2, -0.15) is 0 Å². The van der Waals surface area contributed by atoms with Crippen LogP contribution in [0.3, 0.4) is 0 Å². The largest absolute Gasteiger partial charge is 0.322 e. The Balaban J connectivity index is 0.000000871. The van der Waals surface area contributed by atoms with Crippen molar-refractivity contribution in [2.75, 3.05) is 0 Å². The Bertz CT molecular complexity index is 597. The van der Waals surface area contributed by atoms with Crippen molar-refractivity contribution in [2.24, 2.45) is 0 Å². The quantitative estimate of drug-likeness (QED) is 0.784. The van der Waals surface area contributed by atoms with Gasteiger partial charge < -0.3 is 4.90 Å². The topological polar surface area (TPSA) is 66.5 Å². The van der Waals surface area contributed by atoms with E-state index < -0.39 is 6.04 Å². The van der Waals surface area contributed by atoms with Crippen LogP contribution >= 0.6 is 0 Å². The summed E-state index contributed by atoms with van der Waals surface area (Å²) in [5, 5.41) is 2.30. The van der Waals surface area contributed by atoms with Crippen molar-refractivity contribution in [3.05, 3.63) is 34.9 Å². The van der Waals surface area contributed by atoms with Gasteiger partial charge in [-0.1, -0.05) is 53.7 Å². The molecular weight excluding hydrogens is 316 g/mol. The first-order chi connectivity index (χ1) is 12.1. The van der Waals surface area contributed by atoms with Crippen molar-refractivity contribution >= 4 is 17.7 Å². The number of nitrogens with one attached hydrogen (secondary N) is 1. The molecular formula is C20H32N2O3. The lowest BCUT2D eigenvalue weighted by Gasteiger charge is -2.29. The number of piperidine rings is 1. The lowest BCUT2D eigenvalue weighted by atomic mass is 10.0. The van der Waals surface area contributed by atoms with Crippen molar-refractivity contribution in [1.82, 2.24) is 10.2 Å². The summed E-state index contributed by atoms with van der Waals surface area (Å²) in [5.74, 6) is -0.746. The molecule has 2 aliphatic rings. The molecule has 0 aromatic heterocycles. The van der Waals surface area contributed by atoms with Crippen molar-refractivity contribution in [2.45, 2.75) is 73.9 Å². The highest BCUT2D eigenvalue weighted by atomic mass is 16.2. The number of carbonyl (C=O) groups is 3. The molecule has 0 aliphatic carbocycles. The summed E-state index contributed by atoms with van der Waals surface area (Å²) in [5.41, 5.74) is 2.71. The van der Waals surface area contributed by atoms with Crippen LogP contribution in [-0.2, 0) is 16.1 Å². The van der Waals surface area contributed by atoms with Gasteiger partial charge in [0.25, 0.3) is 5.91 Å². The molecule has 2 heterocycles. The minimum Gasteiger partial charge on any atom is -0.322 e. The number of rotatable bonds is 1. The van der Waals surface area contributed by atoms with Gasteiger partial charge in [0.2, 0.25) is 11.8 Å². The smallest absolute Gasteiger partial charge is 0.255 e. The van der Waals surface area contributed by atoms with Crippen LogP contribution in [0.25, 0.3) is 0 Å². The molecule has 140 valence electrons. The Morgan fingerprint density at radius 1 is 1.00 bits per heavy atom. The van der Waals surface area contributed by atoms with Crippen molar-refractivity contribution in [3.8, 4) is 0 Å². The second kappa shape index (κ2) is 11.4. The Kier molecular flexibility index (Phi) is 10.4. The third-order valence-corrected chi connectivity index (χ3v) is 3.82. The SMILES string of the molecule is CC.CC.CC.Cc1cccc2c1CN(C1CCC(=O)NC1=O)C2=O. The minimum atomic E-state index is -0.531. The molecule has 0 spiro atoms. The molecule has 5 heteroatoms. The van der Waals surface area contributed by atoms with Crippen LogP contribution in [0.15, 0.2) is 18.2 Å². The van der Waals surface area contributed by atoms with Gasteiger partial charge in [-0.15, -0.1) is 0 Å². The fraction of sp³-hybridized carbons (Fsp3) is 0.550. The number of hydrogen-bond acceptors (Lipinski definition) is 3. The second-order valence-electron chi connectivity index (χ2n) is 5.00. The first-order valence-electron chi connectivity index (χ1n) is 9.31. The van der Waals surface area contributed by atoms with E-state index in [1.54, 1.807) is 11.0 Å². The van der Waals surface area contributed by atoms with E-state index in [0.717, 1.165) is 11.1 Å². The van der Waals surface area contributed by atoms with Crippen LogP contribution in [0.2, 0.25) is 0 Å². The number of hydrogen-bond donors (Lipinski definition) is 1. The summed E-state index contributed by atoms with van der Waals surface area (Å²) >= 11 is 0. The van der Waals surface area contributed by atoms with E-state index in [1.807, 2.05) is 60.6 Å². The average molecular weight is 348 g/mol. The fourth-order valence-electron chi connectivity index (χ4n) is 2.74. The second-order valence-corrected chi connectivity index (χ2v) is 5.00. The fourth-order valence-corrected chi connectivity index (χ4v) is 2.74. The molecule has 2 aliphatic heterocycles. The molecule has 3 amide bonds. The number of nitrogens with zero attached hydrogens (tertiary/aromatic N) is 1. The van der Waals surface area contributed by atoms with E-state index in [9.17, 15) is 14.4 Å². The third kappa shape index (κ3) is 5.15. The first kappa shape index (κ1) is 22.8. The van der Waals surface area contributed by atoms with Crippen LogP contribution < -0.4 is 5.32 Å². The molecule has 5 nitrogen and oxygen atoms in total. The van der Waals surface area contributed by atoms with Crippen LogP contribution in [0, 0.1) is 6.92 Å². The maximum Gasteiger partial charge on any atom is 0.255 e. The van der Waals surface area contributed by atoms with Crippen LogP contribution in [0.1, 0.15) is 75.9 Å². The third-order valence-electron chi connectivity index (χ3n) is 3.82. The van der Waals surface area contributed by atoms with E-state index >= 15 is 0 Å². The predicted molar refractivity (Wildman–Crippen MR) is 101 cm³/mol. The first-order valence-corrected chi connectivity index (χ1v) is 9.31. The minimum absolute atomic E-state index is 0.117. The van der Waals surface area contributed by atoms with E-state index in [-0.39, 0.29) is 24.1 Å². The molecule has 1 aromatic rings. The zero-order valence-electron chi connectivity index (χ0n) is 16.6. The van der Waals surface area contributed by atoms with Gasteiger partial charge in [-0.3, -0.25) is 19.7 Å². The molecule has 1 atom stereocenters. The summed E-state index contributed by atoms with van der Waals surface area (Å²) in [4.78, 5) is 36.9. The number of amides is 3. The molecule has 0 radical (unpaired) electrons. The number of aryl methyl sites for hydroxylation is 1. The summed E-state index contributed by atoms with van der Waals surface area (Å²) in [7, 11) is 0. The van der Waals surface area contributed by atoms with E-state index in [2.05, 4.69) is 5.32 Å². The molecule has 3 rings (SSSR count). The lowest BCUT2D eigenvalue weighted by molar-refractivity contribution is -0.136. The zero-order chi connectivity index (χ0) is 19.6. The number of imide groups is 1.